The van der Waals surface area contributed by atoms with Crippen LogP contribution < -0.4 is 10.5 Å². The van der Waals surface area contributed by atoms with Crippen molar-refractivity contribution in [3.8, 4) is 5.88 Å². The van der Waals surface area contributed by atoms with Crippen LogP contribution in [0.25, 0.3) is 0 Å². The summed E-state index contributed by atoms with van der Waals surface area (Å²) in [4.78, 5) is 8.38. The standard InChI is InChI=1S/C9H11N5OS/c1-5-11-9(14-13-5)16-8-6(10)3-4-7(12-8)15-2/h3-4H,10H2,1-2H3,(H,11,13,14). The first-order valence-corrected chi connectivity index (χ1v) is 5.38. The van der Waals surface area contributed by atoms with E-state index < -0.39 is 0 Å². The molecule has 0 unspecified atom stereocenters. The van der Waals surface area contributed by atoms with Gasteiger partial charge in [0.15, 0.2) is 0 Å². The van der Waals surface area contributed by atoms with E-state index in [2.05, 4.69) is 20.2 Å². The fourth-order valence-corrected chi connectivity index (χ4v) is 1.85. The zero-order chi connectivity index (χ0) is 11.5. The molecule has 2 heterocycles. The van der Waals surface area contributed by atoms with E-state index in [4.69, 9.17) is 10.5 Å². The van der Waals surface area contributed by atoms with Gasteiger partial charge < -0.3 is 10.5 Å². The fourth-order valence-electron chi connectivity index (χ4n) is 1.08. The number of aromatic nitrogens is 4. The maximum Gasteiger partial charge on any atom is 0.214 e. The Kier molecular flexibility index (Phi) is 2.95. The van der Waals surface area contributed by atoms with E-state index in [0.29, 0.717) is 21.7 Å². The van der Waals surface area contributed by atoms with E-state index in [0.717, 1.165) is 5.82 Å². The number of hydrogen-bond donors (Lipinski definition) is 2. The zero-order valence-electron chi connectivity index (χ0n) is 8.89. The summed E-state index contributed by atoms with van der Waals surface area (Å²) in [6.07, 6.45) is 0. The second kappa shape index (κ2) is 4.40. The molecule has 7 heteroatoms. The van der Waals surface area contributed by atoms with Gasteiger partial charge in [0.2, 0.25) is 11.0 Å². The summed E-state index contributed by atoms with van der Waals surface area (Å²) >= 11 is 1.29. The predicted molar refractivity (Wildman–Crippen MR) is 60.4 cm³/mol. The van der Waals surface area contributed by atoms with E-state index in [9.17, 15) is 0 Å². The number of nitrogens with two attached hydrogens (primary N) is 1. The third-order valence-electron chi connectivity index (χ3n) is 1.84. The lowest BCUT2D eigenvalue weighted by atomic mass is 10.4. The van der Waals surface area contributed by atoms with Crippen LogP contribution >= 0.6 is 11.8 Å². The van der Waals surface area contributed by atoms with E-state index in [-0.39, 0.29) is 0 Å². The lowest BCUT2D eigenvalue weighted by Gasteiger charge is -2.03. The Morgan fingerprint density at radius 1 is 1.38 bits per heavy atom. The average molecular weight is 237 g/mol. The van der Waals surface area contributed by atoms with Crippen molar-refractivity contribution in [3.63, 3.8) is 0 Å². The highest BCUT2D eigenvalue weighted by Gasteiger charge is 2.08. The lowest BCUT2D eigenvalue weighted by molar-refractivity contribution is 0.395. The van der Waals surface area contributed by atoms with Crippen LogP contribution in [0, 0.1) is 6.92 Å². The van der Waals surface area contributed by atoms with E-state index in [1.54, 1.807) is 19.2 Å². The summed E-state index contributed by atoms with van der Waals surface area (Å²) in [7, 11) is 1.56. The van der Waals surface area contributed by atoms with Crippen LogP contribution in [0.3, 0.4) is 0 Å². The molecule has 0 spiro atoms. The first-order chi connectivity index (χ1) is 7.69. The largest absolute Gasteiger partial charge is 0.481 e. The van der Waals surface area contributed by atoms with Gasteiger partial charge in [-0.1, -0.05) is 0 Å². The molecule has 0 fully saturated rings. The SMILES string of the molecule is COc1ccc(N)c(Sc2n[nH]c(C)n2)n1. The van der Waals surface area contributed by atoms with Crippen LogP contribution in [-0.4, -0.2) is 27.3 Å². The van der Waals surface area contributed by atoms with Gasteiger partial charge in [-0.05, 0) is 24.8 Å². The Bertz CT molecular complexity index is 498. The Labute approximate surface area is 96.6 Å². The molecule has 2 aromatic heterocycles. The monoisotopic (exact) mass is 237 g/mol. The smallest absolute Gasteiger partial charge is 0.214 e. The number of rotatable bonds is 3. The Morgan fingerprint density at radius 2 is 2.19 bits per heavy atom. The molecule has 6 nitrogen and oxygen atoms in total. The summed E-state index contributed by atoms with van der Waals surface area (Å²) in [5.41, 5.74) is 6.37. The van der Waals surface area contributed by atoms with Crippen LogP contribution in [-0.2, 0) is 0 Å². The topological polar surface area (TPSA) is 89.7 Å². The van der Waals surface area contributed by atoms with Crippen LogP contribution in [0.5, 0.6) is 5.88 Å². The number of nitrogens with zero attached hydrogens (tertiary/aromatic N) is 3. The molecule has 0 aliphatic carbocycles. The van der Waals surface area contributed by atoms with Crippen molar-refractivity contribution in [2.45, 2.75) is 17.1 Å². The maximum absolute atomic E-state index is 5.79. The summed E-state index contributed by atoms with van der Waals surface area (Å²) < 4.78 is 5.02. The minimum Gasteiger partial charge on any atom is -0.481 e. The highest BCUT2D eigenvalue weighted by molar-refractivity contribution is 7.99. The number of aromatic amines is 1. The number of aryl methyl sites for hydroxylation is 1. The molecule has 0 aliphatic heterocycles. The molecule has 0 saturated heterocycles. The molecule has 16 heavy (non-hydrogen) atoms. The van der Waals surface area contributed by atoms with E-state index in [1.165, 1.54) is 11.8 Å². The van der Waals surface area contributed by atoms with Crippen molar-refractivity contribution in [3.05, 3.63) is 18.0 Å². The van der Waals surface area contributed by atoms with Gasteiger partial charge in [-0.15, -0.1) is 5.10 Å². The molecule has 2 aromatic rings. The lowest BCUT2D eigenvalue weighted by Crippen LogP contribution is -1.95. The normalized spacial score (nSPS) is 10.4. The first-order valence-electron chi connectivity index (χ1n) is 4.56. The van der Waals surface area contributed by atoms with E-state index >= 15 is 0 Å². The van der Waals surface area contributed by atoms with Gasteiger partial charge in [0, 0.05) is 6.07 Å². The quantitative estimate of drug-likeness (QED) is 0.835. The molecular formula is C9H11N5OS. The molecule has 0 aliphatic rings. The first kappa shape index (κ1) is 10.7. The zero-order valence-corrected chi connectivity index (χ0v) is 9.71. The third kappa shape index (κ3) is 2.25. The molecule has 0 amide bonds. The minimum absolute atomic E-state index is 0.518. The van der Waals surface area contributed by atoms with Crippen molar-refractivity contribution >= 4 is 17.4 Å². The second-order valence-corrected chi connectivity index (χ2v) is 4.01. The average Bonchev–Trinajstić information content (AvgIpc) is 2.67. The number of hydrogen-bond acceptors (Lipinski definition) is 6. The molecule has 3 N–H and O–H groups in total. The second-order valence-electron chi connectivity index (χ2n) is 3.05. The number of ether oxygens (including phenoxy) is 1. The molecule has 84 valence electrons. The predicted octanol–water partition coefficient (Wildman–Crippen LogP) is 1.25. The number of nitrogens with one attached hydrogen (secondary N) is 1. The Hall–Kier alpha value is -1.76. The number of anilines is 1. The minimum atomic E-state index is 0.518. The molecule has 0 saturated carbocycles. The maximum atomic E-state index is 5.79. The van der Waals surface area contributed by atoms with Gasteiger partial charge in [0.1, 0.15) is 10.9 Å². The van der Waals surface area contributed by atoms with Crippen LogP contribution in [0.1, 0.15) is 5.82 Å². The Balaban J connectivity index is 2.26. The molecule has 0 bridgehead atoms. The molecule has 0 atom stereocenters. The molecule has 2 rings (SSSR count). The molecular weight excluding hydrogens is 226 g/mol. The molecule has 0 aromatic carbocycles. The number of pyridine rings is 1. The summed E-state index contributed by atoms with van der Waals surface area (Å²) in [5, 5.41) is 7.98. The van der Waals surface area contributed by atoms with Gasteiger partial charge in [-0.3, -0.25) is 5.10 Å². The highest BCUT2D eigenvalue weighted by Crippen LogP contribution is 2.29. The van der Waals surface area contributed by atoms with Crippen molar-refractivity contribution in [2.24, 2.45) is 0 Å². The number of nitrogen functional groups attached to an aromatic ring is 1. The highest BCUT2D eigenvalue weighted by atomic mass is 32.2. The van der Waals surface area contributed by atoms with Crippen molar-refractivity contribution in [1.82, 2.24) is 20.2 Å². The van der Waals surface area contributed by atoms with Crippen LogP contribution in [0.4, 0.5) is 5.69 Å². The van der Waals surface area contributed by atoms with Crippen LogP contribution in [0.2, 0.25) is 0 Å². The van der Waals surface area contributed by atoms with Crippen molar-refractivity contribution < 1.29 is 4.74 Å². The number of H-pyrrole nitrogens is 1. The fraction of sp³-hybridized carbons (Fsp3) is 0.222. The molecule has 0 radical (unpaired) electrons. The van der Waals surface area contributed by atoms with Crippen LogP contribution in [0.15, 0.2) is 22.3 Å². The van der Waals surface area contributed by atoms with Gasteiger partial charge in [-0.2, -0.15) is 0 Å². The van der Waals surface area contributed by atoms with Gasteiger partial charge in [0.25, 0.3) is 0 Å². The van der Waals surface area contributed by atoms with Crippen molar-refractivity contribution in [1.29, 1.82) is 0 Å². The number of methoxy groups -OCH3 is 1. The van der Waals surface area contributed by atoms with Gasteiger partial charge in [0.05, 0.1) is 12.8 Å². The third-order valence-corrected chi connectivity index (χ3v) is 2.72. The van der Waals surface area contributed by atoms with Gasteiger partial charge in [-0.25, -0.2) is 9.97 Å². The Morgan fingerprint density at radius 3 is 2.81 bits per heavy atom. The summed E-state index contributed by atoms with van der Waals surface area (Å²) in [6, 6.07) is 3.45. The van der Waals surface area contributed by atoms with E-state index in [1.807, 2.05) is 6.92 Å². The van der Waals surface area contributed by atoms with Gasteiger partial charge >= 0.3 is 0 Å². The summed E-state index contributed by atoms with van der Waals surface area (Å²) in [5.74, 6) is 1.27. The summed E-state index contributed by atoms with van der Waals surface area (Å²) in [6.45, 7) is 1.83. The van der Waals surface area contributed by atoms with Crippen molar-refractivity contribution in [2.75, 3.05) is 12.8 Å².